The molecule has 0 fully saturated rings. The summed E-state index contributed by atoms with van der Waals surface area (Å²) in [6, 6.07) is 5.03. The number of benzene rings is 1. The van der Waals surface area contributed by atoms with E-state index in [0.29, 0.717) is 6.54 Å². The average Bonchev–Trinajstić information content (AvgIpc) is 2.49. The summed E-state index contributed by atoms with van der Waals surface area (Å²) in [6.07, 6.45) is 2.98. The number of nitro groups is 1. The van der Waals surface area contributed by atoms with Crippen LogP contribution in [0.25, 0.3) is 0 Å². The van der Waals surface area contributed by atoms with Crippen molar-refractivity contribution < 1.29 is 10.0 Å². The normalized spacial score (nSPS) is 10.4. The number of rotatable bonds is 10. The van der Waals surface area contributed by atoms with Crippen LogP contribution in [0.4, 0.5) is 17.1 Å². The first-order chi connectivity index (χ1) is 10.1. The molecule has 0 bridgehead atoms. The standard InChI is InChI=1S/C15H25N3O3/c1-3-5-7-17(8-9-19)14-10-13(16-6-4-2)11-15(12-14)18(20)21/h10-12,16,19H,3-9H2,1-2H3. The Morgan fingerprint density at radius 3 is 2.57 bits per heavy atom. The largest absolute Gasteiger partial charge is 0.395 e. The van der Waals surface area contributed by atoms with Gasteiger partial charge >= 0.3 is 0 Å². The molecule has 0 amide bonds. The second-order valence-corrected chi connectivity index (χ2v) is 4.99. The Morgan fingerprint density at radius 2 is 2.00 bits per heavy atom. The van der Waals surface area contributed by atoms with E-state index >= 15 is 0 Å². The second kappa shape index (κ2) is 9.18. The molecule has 21 heavy (non-hydrogen) atoms. The number of anilines is 2. The van der Waals surface area contributed by atoms with Crippen LogP contribution in [0.1, 0.15) is 33.1 Å². The van der Waals surface area contributed by atoms with Gasteiger partial charge in [-0.2, -0.15) is 0 Å². The minimum atomic E-state index is -0.377. The highest BCUT2D eigenvalue weighted by Gasteiger charge is 2.14. The molecule has 0 aliphatic rings. The quantitative estimate of drug-likeness (QED) is 0.512. The molecule has 0 unspecified atom stereocenters. The molecule has 0 saturated carbocycles. The van der Waals surface area contributed by atoms with Crippen molar-refractivity contribution in [2.45, 2.75) is 33.1 Å². The van der Waals surface area contributed by atoms with Gasteiger partial charge in [0.15, 0.2) is 0 Å². The van der Waals surface area contributed by atoms with Crippen molar-refractivity contribution in [1.82, 2.24) is 0 Å². The van der Waals surface area contributed by atoms with E-state index in [2.05, 4.69) is 12.2 Å². The van der Waals surface area contributed by atoms with Crippen molar-refractivity contribution in [3.05, 3.63) is 28.3 Å². The Morgan fingerprint density at radius 1 is 1.24 bits per heavy atom. The molecule has 0 radical (unpaired) electrons. The second-order valence-electron chi connectivity index (χ2n) is 4.99. The van der Waals surface area contributed by atoms with Gasteiger partial charge in [-0.25, -0.2) is 0 Å². The van der Waals surface area contributed by atoms with Gasteiger partial charge < -0.3 is 15.3 Å². The van der Waals surface area contributed by atoms with E-state index in [9.17, 15) is 15.2 Å². The number of unbranched alkanes of at least 4 members (excludes halogenated alkanes) is 1. The first-order valence-corrected chi connectivity index (χ1v) is 7.51. The Bertz CT molecular complexity index is 452. The molecule has 0 aromatic heterocycles. The van der Waals surface area contributed by atoms with E-state index in [1.807, 2.05) is 17.9 Å². The number of aliphatic hydroxyl groups is 1. The van der Waals surface area contributed by atoms with Crippen LogP contribution >= 0.6 is 0 Å². The van der Waals surface area contributed by atoms with Crippen molar-refractivity contribution in [2.75, 3.05) is 36.5 Å². The van der Waals surface area contributed by atoms with E-state index in [4.69, 9.17) is 0 Å². The van der Waals surface area contributed by atoms with Crippen molar-refractivity contribution >= 4 is 17.1 Å². The predicted octanol–water partition coefficient (Wildman–Crippen LogP) is 3.02. The Balaban J connectivity index is 3.05. The van der Waals surface area contributed by atoms with Crippen LogP contribution in [-0.4, -0.2) is 36.3 Å². The van der Waals surface area contributed by atoms with E-state index in [-0.39, 0.29) is 17.2 Å². The zero-order chi connectivity index (χ0) is 15.7. The number of hydrogen-bond acceptors (Lipinski definition) is 5. The molecule has 6 heteroatoms. The summed E-state index contributed by atoms with van der Waals surface area (Å²) in [7, 11) is 0. The number of hydrogen-bond donors (Lipinski definition) is 2. The highest BCUT2D eigenvalue weighted by molar-refractivity contribution is 5.64. The Hall–Kier alpha value is -1.82. The summed E-state index contributed by atoms with van der Waals surface area (Å²) in [5.74, 6) is 0. The van der Waals surface area contributed by atoms with Gasteiger partial charge in [-0.1, -0.05) is 20.3 Å². The van der Waals surface area contributed by atoms with Crippen LogP contribution in [0, 0.1) is 10.1 Å². The zero-order valence-corrected chi connectivity index (χ0v) is 12.8. The molecular weight excluding hydrogens is 270 g/mol. The molecule has 1 aromatic rings. The zero-order valence-electron chi connectivity index (χ0n) is 12.8. The number of non-ortho nitro benzene ring substituents is 1. The maximum atomic E-state index is 11.1. The SMILES string of the molecule is CCCCN(CCO)c1cc(NCCC)cc([N+](=O)[O-])c1. The lowest BCUT2D eigenvalue weighted by molar-refractivity contribution is -0.384. The molecule has 0 spiro atoms. The first kappa shape index (κ1) is 17.2. The molecule has 0 aliphatic heterocycles. The van der Waals surface area contributed by atoms with Crippen molar-refractivity contribution in [3.63, 3.8) is 0 Å². The van der Waals surface area contributed by atoms with Crippen LogP contribution in [-0.2, 0) is 0 Å². The number of nitro benzene ring substituents is 1. The third kappa shape index (κ3) is 5.59. The lowest BCUT2D eigenvalue weighted by atomic mass is 10.2. The topological polar surface area (TPSA) is 78.6 Å². The third-order valence-corrected chi connectivity index (χ3v) is 3.21. The minimum absolute atomic E-state index is 0.0319. The fourth-order valence-electron chi connectivity index (χ4n) is 2.09. The van der Waals surface area contributed by atoms with Gasteiger partial charge in [-0.05, 0) is 18.9 Å². The van der Waals surface area contributed by atoms with Gasteiger partial charge in [-0.3, -0.25) is 10.1 Å². The summed E-state index contributed by atoms with van der Waals surface area (Å²) in [5.41, 5.74) is 1.61. The highest BCUT2D eigenvalue weighted by atomic mass is 16.6. The monoisotopic (exact) mass is 295 g/mol. The highest BCUT2D eigenvalue weighted by Crippen LogP contribution is 2.27. The van der Waals surface area contributed by atoms with Gasteiger partial charge in [0.1, 0.15) is 0 Å². The van der Waals surface area contributed by atoms with Crippen LogP contribution in [0.2, 0.25) is 0 Å². The fourth-order valence-corrected chi connectivity index (χ4v) is 2.09. The smallest absolute Gasteiger partial charge is 0.273 e. The molecule has 2 N–H and O–H groups in total. The number of nitrogens with zero attached hydrogens (tertiary/aromatic N) is 2. The molecule has 0 heterocycles. The van der Waals surface area contributed by atoms with Crippen molar-refractivity contribution in [1.29, 1.82) is 0 Å². The number of nitrogens with one attached hydrogen (secondary N) is 1. The Labute approximate surface area is 125 Å². The van der Waals surface area contributed by atoms with E-state index in [0.717, 1.165) is 43.7 Å². The van der Waals surface area contributed by atoms with Gasteiger partial charge in [0, 0.05) is 43.1 Å². The molecule has 0 aliphatic carbocycles. The van der Waals surface area contributed by atoms with Crippen molar-refractivity contribution in [3.8, 4) is 0 Å². The molecule has 6 nitrogen and oxygen atoms in total. The van der Waals surface area contributed by atoms with Gasteiger partial charge in [0.05, 0.1) is 11.5 Å². The molecule has 0 saturated heterocycles. The summed E-state index contributed by atoms with van der Waals surface area (Å²) in [6.45, 7) is 6.21. The molecule has 118 valence electrons. The van der Waals surface area contributed by atoms with Crippen LogP contribution in [0.15, 0.2) is 18.2 Å². The molecular formula is C15H25N3O3. The lowest BCUT2D eigenvalue weighted by Crippen LogP contribution is -2.27. The number of aliphatic hydroxyl groups excluding tert-OH is 1. The summed E-state index contributed by atoms with van der Waals surface area (Å²) < 4.78 is 0. The van der Waals surface area contributed by atoms with E-state index < -0.39 is 0 Å². The maximum absolute atomic E-state index is 11.1. The average molecular weight is 295 g/mol. The van der Waals surface area contributed by atoms with E-state index in [1.54, 1.807) is 12.1 Å². The summed E-state index contributed by atoms with van der Waals surface area (Å²) in [4.78, 5) is 12.7. The molecule has 1 aromatic carbocycles. The van der Waals surface area contributed by atoms with Crippen LogP contribution < -0.4 is 10.2 Å². The van der Waals surface area contributed by atoms with Crippen LogP contribution in [0.3, 0.4) is 0 Å². The molecule has 1 rings (SSSR count). The Kier molecular flexibility index (Phi) is 7.53. The predicted molar refractivity (Wildman–Crippen MR) is 86.1 cm³/mol. The van der Waals surface area contributed by atoms with Crippen LogP contribution in [0.5, 0.6) is 0 Å². The summed E-state index contributed by atoms with van der Waals surface area (Å²) >= 11 is 0. The van der Waals surface area contributed by atoms with Crippen molar-refractivity contribution in [2.24, 2.45) is 0 Å². The first-order valence-electron chi connectivity index (χ1n) is 7.51. The fraction of sp³-hybridized carbons (Fsp3) is 0.600. The minimum Gasteiger partial charge on any atom is -0.395 e. The van der Waals surface area contributed by atoms with Gasteiger partial charge in [0.2, 0.25) is 0 Å². The molecule has 0 atom stereocenters. The lowest BCUT2D eigenvalue weighted by Gasteiger charge is -2.24. The third-order valence-electron chi connectivity index (χ3n) is 3.21. The maximum Gasteiger partial charge on any atom is 0.273 e. The van der Waals surface area contributed by atoms with Gasteiger partial charge in [0.25, 0.3) is 5.69 Å². The van der Waals surface area contributed by atoms with E-state index in [1.165, 1.54) is 0 Å². The van der Waals surface area contributed by atoms with Gasteiger partial charge in [-0.15, -0.1) is 0 Å². The summed E-state index contributed by atoms with van der Waals surface area (Å²) in [5, 5.41) is 23.5.